The molecule has 1 saturated heterocycles. The number of carbonyl (C=O) groups excluding carboxylic acids is 4. The molecule has 5 unspecified atom stereocenters. The van der Waals surface area contributed by atoms with Crippen molar-refractivity contribution in [1.82, 2.24) is 35.7 Å². The van der Waals surface area contributed by atoms with Crippen LogP contribution in [0.25, 0.3) is 11.4 Å². The molecule has 1 aliphatic heterocycles. The van der Waals surface area contributed by atoms with Gasteiger partial charge in [-0.05, 0) is 62.9 Å². The summed E-state index contributed by atoms with van der Waals surface area (Å²) >= 11 is 6.06. The zero-order chi connectivity index (χ0) is 34.2. The lowest BCUT2D eigenvalue weighted by Gasteiger charge is -2.36. The van der Waals surface area contributed by atoms with E-state index in [0.717, 1.165) is 0 Å². The van der Waals surface area contributed by atoms with Gasteiger partial charge < -0.3 is 30.1 Å². The molecule has 0 radical (unpaired) electrons. The van der Waals surface area contributed by atoms with Crippen molar-refractivity contribution in [3.05, 3.63) is 35.9 Å². The molecule has 1 aromatic heterocycles. The number of likely N-dealkylation sites (tertiary alicyclic amines) is 1. The average Bonchev–Trinajstić information content (AvgIpc) is 3.26. The molecule has 3 N–H and O–H groups in total. The molecule has 1 saturated carbocycles. The minimum Gasteiger partial charge on any atom is -0.506 e. The van der Waals surface area contributed by atoms with Crippen LogP contribution in [-0.4, -0.2) is 90.5 Å². The Morgan fingerprint density at radius 1 is 1.22 bits per heavy atom. The number of ether oxygens (including phenoxy) is 2. The number of hydrogen-bond donors (Lipinski definition) is 3. The summed E-state index contributed by atoms with van der Waals surface area (Å²) in [5.74, 6) is -1.86. The van der Waals surface area contributed by atoms with Crippen LogP contribution in [0.3, 0.4) is 0 Å². The molecule has 46 heavy (non-hydrogen) atoms. The molecule has 250 valence electrons. The predicted molar refractivity (Wildman–Crippen MR) is 168 cm³/mol. The molecular formula is C31H42ClN7O7. The maximum Gasteiger partial charge on any atom is 0.408 e. The molecule has 1 aliphatic carbocycles. The molecule has 4 rings (SSSR count). The molecule has 2 heterocycles. The van der Waals surface area contributed by atoms with E-state index in [0.29, 0.717) is 12.0 Å². The molecule has 1 aromatic carbocycles. The first-order valence-electron chi connectivity index (χ1n) is 15.1. The van der Waals surface area contributed by atoms with Gasteiger partial charge in [-0.25, -0.2) is 9.59 Å². The smallest absolute Gasteiger partial charge is 0.408 e. The first kappa shape index (κ1) is 34.7. The number of nitrogens with one attached hydrogen (secondary N) is 2. The van der Waals surface area contributed by atoms with Gasteiger partial charge in [-0.15, -0.1) is 16.8 Å². The summed E-state index contributed by atoms with van der Waals surface area (Å²) in [6.07, 6.45) is 1.22. The molecule has 5 atom stereocenters. The van der Waals surface area contributed by atoms with E-state index >= 15 is 0 Å². The minimum atomic E-state index is -1.28. The van der Waals surface area contributed by atoms with Crippen molar-refractivity contribution in [2.75, 3.05) is 13.2 Å². The Kier molecular flexibility index (Phi) is 9.72. The second-order valence-corrected chi connectivity index (χ2v) is 14.1. The fourth-order valence-electron chi connectivity index (χ4n) is 5.42. The number of phenolic OH excluding ortho intramolecular Hbond substituents is 1. The van der Waals surface area contributed by atoms with Crippen LogP contribution >= 0.6 is 11.6 Å². The van der Waals surface area contributed by atoms with Gasteiger partial charge in [0, 0.05) is 24.4 Å². The van der Waals surface area contributed by atoms with Gasteiger partial charge in [0.05, 0.1) is 17.7 Å². The van der Waals surface area contributed by atoms with E-state index in [-0.39, 0.29) is 42.1 Å². The summed E-state index contributed by atoms with van der Waals surface area (Å²) in [6.45, 7) is 16.1. The second kappa shape index (κ2) is 12.9. The SMILES string of the molecule is C=CC1CC1(NC(=O)C1CC(n2nnc(-c3ccc(O)c(Cl)c3)n2)CN1C(=O)C(NC(=O)OC(C)(C)C)C(C)(C)C)C(=O)OCC. The molecule has 2 aromatic rings. The summed E-state index contributed by atoms with van der Waals surface area (Å²) in [5, 5.41) is 28.2. The number of hydrogen-bond acceptors (Lipinski definition) is 10. The number of esters is 1. The average molecular weight is 660 g/mol. The number of nitrogens with zero attached hydrogens (tertiary/aromatic N) is 5. The van der Waals surface area contributed by atoms with Crippen LogP contribution in [0.4, 0.5) is 4.79 Å². The first-order chi connectivity index (χ1) is 21.4. The molecule has 14 nitrogen and oxygen atoms in total. The second-order valence-electron chi connectivity index (χ2n) is 13.7. The number of amides is 3. The van der Waals surface area contributed by atoms with Gasteiger partial charge in [0.25, 0.3) is 0 Å². The molecular weight excluding hydrogens is 618 g/mol. The monoisotopic (exact) mass is 659 g/mol. The normalized spacial score (nSPS) is 23.3. The number of carbonyl (C=O) groups is 4. The van der Waals surface area contributed by atoms with Gasteiger partial charge in [0.2, 0.25) is 17.6 Å². The maximum atomic E-state index is 14.3. The Labute approximate surface area is 272 Å². The lowest BCUT2D eigenvalue weighted by atomic mass is 9.85. The Morgan fingerprint density at radius 3 is 2.48 bits per heavy atom. The molecule has 0 spiro atoms. The Bertz CT molecular complexity index is 1520. The number of alkyl carbamates (subject to hydrolysis) is 1. The molecule has 3 amide bonds. The Morgan fingerprint density at radius 2 is 1.91 bits per heavy atom. The van der Waals surface area contributed by atoms with E-state index in [1.165, 1.54) is 21.8 Å². The number of phenols is 1. The lowest BCUT2D eigenvalue weighted by molar-refractivity contribution is -0.150. The van der Waals surface area contributed by atoms with E-state index in [1.807, 2.05) is 0 Å². The van der Waals surface area contributed by atoms with Crippen LogP contribution in [-0.2, 0) is 23.9 Å². The highest BCUT2D eigenvalue weighted by atomic mass is 35.5. The first-order valence-corrected chi connectivity index (χ1v) is 15.5. The van der Waals surface area contributed by atoms with Crippen molar-refractivity contribution in [2.45, 2.75) is 90.6 Å². The third-order valence-electron chi connectivity index (χ3n) is 7.88. The number of aromatic hydroxyl groups is 1. The molecule has 15 heteroatoms. The summed E-state index contributed by atoms with van der Waals surface area (Å²) in [4.78, 5) is 56.7. The topological polar surface area (TPSA) is 178 Å². The Hall–Kier alpha value is -4.20. The van der Waals surface area contributed by atoms with Crippen molar-refractivity contribution in [1.29, 1.82) is 0 Å². The predicted octanol–water partition coefficient (Wildman–Crippen LogP) is 3.40. The number of tetrazole rings is 1. The van der Waals surface area contributed by atoms with Crippen molar-refractivity contribution >= 4 is 35.5 Å². The zero-order valence-electron chi connectivity index (χ0n) is 27.2. The van der Waals surface area contributed by atoms with E-state index in [4.69, 9.17) is 21.1 Å². The van der Waals surface area contributed by atoms with E-state index in [9.17, 15) is 24.3 Å². The van der Waals surface area contributed by atoms with Crippen LogP contribution in [0, 0.1) is 11.3 Å². The van der Waals surface area contributed by atoms with Crippen LogP contribution in [0.5, 0.6) is 5.75 Å². The highest BCUT2D eigenvalue weighted by molar-refractivity contribution is 6.32. The summed E-state index contributed by atoms with van der Waals surface area (Å²) < 4.78 is 10.7. The van der Waals surface area contributed by atoms with Gasteiger partial charge in [0.15, 0.2) is 0 Å². The van der Waals surface area contributed by atoms with Crippen LogP contribution in [0.2, 0.25) is 5.02 Å². The summed E-state index contributed by atoms with van der Waals surface area (Å²) in [5.41, 5.74) is -2.36. The third kappa shape index (κ3) is 7.43. The number of halogens is 1. The van der Waals surface area contributed by atoms with Gasteiger partial charge in [0.1, 0.15) is 29.0 Å². The zero-order valence-corrected chi connectivity index (χ0v) is 27.9. The summed E-state index contributed by atoms with van der Waals surface area (Å²) in [7, 11) is 0. The van der Waals surface area contributed by atoms with Crippen LogP contribution in [0.1, 0.15) is 67.3 Å². The highest BCUT2D eigenvalue weighted by Crippen LogP contribution is 2.46. The molecule has 2 aliphatic rings. The fraction of sp³-hybridized carbons (Fsp3) is 0.581. The van der Waals surface area contributed by atoms with Gasteiger partial charge >= 0.3 is 12.1 Å². The largest absolute Gasteiger partial charge is 0.506 e. The number of benzene rings is 1. The highest BCUT2D eigenvalue weighted by Gasteiger charge is 2.62. The van der Waals surface area contributed by atoms with Gasteiger partial charge in [-0.3, -0.25) is 9.59 Å². The van der Waals surface area contributed by atoms with Crippen LogP contribution in [0.15, 0.2) is 30.9 Å². The summed E-state index contributed by atoms with van der Waals surface area (Å²) in [6, 6.07) is 1.76. The quantitative estimate of drug-likeness (QED) is 0.267. The van der Waals surface area contributed by atoms with Crippen molar-refractivity contribution in [3.63, 3.8) is 0 Å². The maximum absolute atomic E-state index is 14.3. The standard InChI is InChI=1S/C31H42ClN7O7/c1-9-18-15-31(18,27(43)45-10-2)34-25(41)21-14-19(39-36-24(35-37-39)17-11-12-22(40)20(32)13-17)16-38(21)26(42)23(29(3,4)5)33-28(44)46-30(6,7)8/h9,11-13,18-19,21,23,40H,1,10,14-16H2,2-8H3,(H,33,44)(H,34,41). The minimum absolute atomic E-state index is 0.00290. The van der Waals surface area contributed by atoms with Gasteiger partial charge in [-0.2, -0.15) is 4.80 Å². The fourth-order valence-corrected chi connectivity index (χ4v) is 5.60. The van der Waals surface area contributed by atoms with E-state index < -0.39 is 58.6 Å². The van der Waals surface area contributed by atoms with E-state index in [2.05, 4.69) is 32.6 Å². The molecule has 0 bridgehead atoms. The lowest BCUT2D eigenvalue weighted by Crippen LogP contribution is -2.59. The van der Waals surface area contributed by atoms with Crippen molar-refractivity contribution in [3.8, 4) is 17.1 Å². The Balaban J connectivity index is 1.66. The van der Waals surface area contributed by atoms with Crippen molar-refractivity contribution in [2.24, 2.45) is 11.3 Å². The number of rotatable bonds is 9. The van der Waals surface area contributed by atoms with Crippen molar-refractivity contribution < 1.29 is 33.8 Å². The third-order valence-corrected chi connectivity index (χ3v) is 8.19. The van der Waals surface area contributed by atoms with Gasteiger partial charge in [-0.1, -0.05) is 38.4 Å². The van der Waals surface area contributed by atoms with E-state index in [1.54, 1.807) is 60.6 Å². The molecule has 2 fully saturated rings. The number of aromatic nitrogens is 4. The van der Waals surface area contributed by atoms with Crippen LogP contribution < -0.4 is 10.6 Å².